The van der Waals surface area contributed by atoms with Gasteiger partial charge in [0.15, 0.2) is 17.9 Å². The number of rotatable bonds is 48. The first-order valence-electron chi connectivity index (χ1n) is 32.0. The number of nitrogens with one attached hydrogen (secondary N) is 12. The first kappa shape index (κ1) is 86.9. The molecule has 0 unspecified atom stereocenters. The van der Waals surface area contributed by atoms with Crippen LogP contribution in [0.25, 0.3) is 10.9 Å². The summed E-state index contributed by atoms with van der Waals surface area (Å²) in [4.78, 5) is 204. The van der Waals surface area contributed by atoms with Gasteiger partial charge in [-0.15, -0.1) is 0 Å². The van der Waals surface area contributed by atoms with E-state index in [1.54, 1.807) is 38.1 Å². The molecular weight excluding hydrogens is 1360 g/mol. The molecule has 1 heterocycles. The van der Waals surface area contributed by atoms with Crippen molar-refractivity contribution < 1.29 is 77.3 Å². The van der Waals surface area contributed by atoms with E-state index in [4.69, 9.17) is 51.6 Å². The van der Waals surface area contributed by atoms with Gasteiger partial charge in [0.1, 0.15) is 60.4 Å². The van der Waals surface area contributed by atoms with E-state index in [2.05, 4.69) is 104 Å². The van der Waals surface area contributed by atoms with E-state index < -0.39 is 175 Å². The van der Waals surface area contributed by atoms with Crippen LogP contribution in [-0.2, 0) is 73.5 Å². The van der Waals surface area contributed by atoms with E-state index in [1.807, 2.05) is 0 Å². The summed E-state index contributed by atoms with van der Waals surface area (Å²) in [5, 5.41) is 46.6. The van der Waals surface area contributed by atoms with Gasteiger partial charge in [-0.25, -0.2) is 4.79 Å². The number of aliphatic carboxylic acids is 2. The molecule has 0 fully saturated rings. The monoisotopic (exact) mass is 1460 g/mol. The third-order valence-electron chi connectivity index (χ3n) is 14.9. The number of primary amides is 1. The number of unbranched alkanes of at least 4 members (excludes halogenated alkanes) is 1. The zero-order chi connectivity index (χ0) is 76.1. The molecule has 1 aromatic carbocycles. The number of aromatic amines is 1. The van der Waals surface area contributed by atoms with Crippen LogP contribution in [0.15, 0.2) is 45.4 Å². The van der Waals surface area contributed by atoms with Crippen molar-refractivity contribution in [2.75, 3.05) is 44.2 Å². The first-order valence-corrected chi connectivity index (χ1v) is 33.3. The molecule has 0 bridgehead atoms. The number of para-hydroxylation sites is 1. The Balaban J connectivity index is 2.58. The smallest absolute Gasteiger partial charge is 0.327 e. The van der Waals surface area contributed by atoms with E-state index in [1.165, 1.54) is 6.20 Å². The Labute approximate surface area is 592 Å². The zero-order valence-corrected chi connectivity index (χ0v) is 58.1. The average Bonchev–Trinajstić information content (AvgIpc) is 1.74. The maximum atomic E-state index is 14.5. The van der Waals surface area contributed by atoms with Crippen molar-refractivity contribution >= 4 is 137 Å². The predicted molar refractivity (Wildman–Crippen MR) is 377 cm³/mol. The van der Waals surface area contributed by atoms with Gasteiger partial charge < -0.3 is 125 Å². The number of aromatic nitrogens is 1. The Bertz CT molecular complexity index is 3270. The molecule has 101 heavy (non-hydrogen) atoms. The molecule has 1 aromatic heterocycles. The Hall–Kier alpha value is -10.2. The second-order valence-corrected chi connectivity index (χ2v) is 24.2. The number of aliphatic imine (C=N–C) groups is 3. The zero-order valence-electron chi connectivity index (χ0n) is 56.3. The highest BCUT2D eigenvalue weighted by molar-refractivity contribution is 7.80. The molecule has 2 aromatic rings. The molecule has 11 atom stereocenters. The van der Waals surface area contributed by atoms with Crippen LogP contribution in [0.1, 0.15) is 97.0 Å². The Morgan fingerprint density at radius 1 is 0.485 bits per heavy atom. The molecule has 0 radical (unpaired) electrons. The van der Waals surface area contributed by atoms with E-state index in [-0.39, 0.29) is 113 Å². The Morgan fingerprint density at radius 3 is 1.38 bits per heavy atom. The van der Waals surface area contributed by atoms with Gasteiger partial charge in [-0.05, 0) is 88.8 Å². The molecule has 32 N–H and O–H groups in total. The molecule has 0 spiro atoms. The van der Waals surface area contributed by atoms with Gasteiger partial charge in [0.05, 0.1) is 25.4 Å². The number of nitrogens with zero attached hydrogens (tertiary/aromatic N) is 3. The molecular formula is C59H98N24O16S2. The SMILES string of the molecule is CC(C)[C@H](NC(=O)[C@@H](N)CS)C(=O)N[C@@H](CCCCN)C(=O)N[C@@H](CC(=O)O)C(=O)N[C@@H](Cc1c[nH]c2ccccc12)C(=O)N[C@@H](C)C(=O)N[C@@H](CC(N)=O)C(=O)N[C@@H](CCCN=C(N)N)C(=O)N[C@@H](CCCN=C(N)N)C(=O)N[C@@H](CCCN=C(N)N)C(=O)NCC(=O)N[C@@H](CS)C(=O)O. The topological polar surface area (TPSA) is 699 Å². The number of carboxylic acids is 2. The van der Waals surface area contributed by atoms with Gasteiger partial charge in [-0.1, -0.05) is 32.0 Å². The highest BCUT2D eigenvalue weighted by atomic mass is 32.1. The lowest BCUT2D eigenvalue weighted by atomic mass is 10.0. The molecule has 12 amide bonds. The minimum atomic E-state index is -1.93. The molecule has 0 aliphatic carbocycles. The number of hydrogen-bond acceptors (Lipinski definition) is 21. The van der Waals surface area contributed by atoms with Gasteiger partial charge in [0.25, 0.3) is 0 Å². The molecule has 2 rings (SSSR count). The van der Waals surface area contributed by atoms with Crippen LogP contribution in [0.4, 0.5) is 0 Å². The van der Waals surface area contributed by atoms with E-state index in [0.717, 1.165) is 6.92 Å². The van der Waals surface area contributed by atoms with Crippen molar-refractivity contribution in [3.63, 3.8) is 0 Å². The lowest BCUT2D eigenvalue weighted by Gasteiger charge is -2.28. The Kier molecular flexibility index (Phi) is 39.1. The number of nitrogens with two attached hydrogens (primary N) is 9. The summed E-state index contributed by atoms with van der Waals surface area (Å²) in [6.07, 6.45) is -0.895. The van der Waals surface area contributed by atoms with Crippen LogP contribution in [0, 0.1) is 5.92 Å². The lowest BCUT2D eigenvalue weighted by molar-refractivity contribution is -0.142. The quantitative estimate of drug-likeness (QED) is 0.0127. The summed E-state index contributed by atoms with van der Waals surface area (Å²) in [6.45, 7) is 3.60. The second kappa shape index (κ2) is 45.4. The lowest BCUT2D eigenvalue weighted by Crippen LogP contribution is -2.61. The van der Waals surface area contributed by atoms with E-state index in [0.29, 0.717) is 22.9 Å². The van der Waals surface area contributed by atoms with Crippen molar-refractivity contribution in [3.8, 4) is 0 Å². The second-order valence-electron chi connectivity index (χ2n) is 23.5. The van der Waals surface area contributed by atoms with Gasteiger partial charge in [-0.2, -0.15) is 25.3 Å². The highest BCUT2D eigenvalue weighted by Crippen LogP contribution is 2.20. The average molecular weight is 1460 g/mol. The van der Waals surface area contributed by atoms with Crippen molar-refractivity contribution in [3.05, 3.63) is 36.0 Å². The summed E-state index contributed by atoms with van der Waals surface area (Å²) in [5.74, 6) is -17.1. The van der Waals surface area contributed by atoms with Crippen LogP contribution in [0.2, 0.25) is 0 Å². The number of H-pyrrole nitrogens is 1. The summed E-state index contributed by atoms with van der Waals surface area (Å²) in [6, 6.07) is -10.1. The largest absolute Gasteiger partial charge is 0.481 e. The summed E-state index contributed by atoms with van der Waals surface area (Å²) in [5.41, 5.74) is 51.1. The van der Waals surface area contributed by atoms with Crippen LogP contribution >= 0.6 is 25.3 Å². The standard InChI is InChI=1S/C59H98N24O16S2/c1-28(2)45(83-47(89)32(61)26-100)55(97)79-35(13-6-7-17-60)51(93)82-40(23-44(86)87)54(96)81-38(21-30-24-72-33-12-5-4-11-31(30)33)52(94)74-29(3)46(88)80-39(22-42(62)84)53(95)78-37(16-10-20-71-59(67)68)50(92)77-36(15-9-19-70-58(65)66)49(91)76-34(14-8-18-69-57(63)64)48(90)73-25-43(85)75-41(27-101)56(98)99/h4-5,11-12,24,28-29,32,34-41,45,72,100-101H,6-10,13-23,25-27,60-61H2,1-3H3,(H2,62,84)(H,73,90)(H,74,94)(H,75,85)(H,76,91)(H,77,92)(H,78,95)(H,79,97)(H,80,88)(H,81,96)(H,82,93)(H,83,89)(H,86,87)(H,98,99)(H4,63,64,69)(H4,65,66,70)(H4,67,68,71)/t29-,32-,34-,35-,36-,37-,38-,39-,40-,41-,45-/m0/s1. The molecule has 0 aliphatic rings. The van der Waals surface area contributed by atoms with Crippen LogP contribution in [-0.4, -0.2) is 227 Å². The van der Waals surface area contributed by atoms with Gasteiger partial charge in [0, 0.05) is 54.7 Å². The summed E-state index contributed by atoms with van der Waals surface area (Å²) < 4.78 is 0. The van der Waals surface area contributed by atoms with E-state index >= 15 is 0 Å². The number of guanidine groups is 3. The van der Waals surface area contributed by atoms with E-state index in [9.17, 15) is 77.3 Å². The number of carbonyl (C=O) groups excluding carboxylic acids is 12. The summed E-state index contributed by atoms with van der Waals surface area (Å²) >= 11 is 7.93. The number of amides is 12. The van der Waals surface area contributed by atoms with Crippen molar-refractivity contribution in [1.29, 1.82) is 0 Å². The molecule has 40 nitrogen and oxygen atoms in total. The first-order chi connectivity index (χ1) is 47.6. The molecule has 562 valence electrons. The Morgan fingerprint density at radius 2 is 0.921 bits per heavy atom. The number of benzene rings is 1. The maximum Gasteiger partial charge on any atom is 0.327 e. The van der Waals surface area contributed by atoms with Gasteiger partial charge in [-0.3, -0.25) is 77.3 Å². The third-order valence-corrected chi connectivity index (χ3v) is 15.6. The van der Waals surface area contributed by atoms with Crippen molar-refractivity contribution in [1.82, 2.24) is 63.5 Å². The molecule has 42 heteroatoms. The van der Waals surface area contributed by atoms with Crippen LogP contribution in [0.5, 0.6) is 0 Å². The summed E-state index contributed by atoms with van der Waals surface area (Å²) in [7, 11) is 0. The maximum absolute atomic E-state index is 14.5. The molecule has 0 saturated heterocycles. The minimum absolute atomic E-state index is 0.00736. The fraction of sp³-hybridized carbons (Fsp3) is 0.576. The number of thiol groups is 2. The number of hydrogen-bond donors (Lipinski definition) is 25. The normalized spacial score (nSPS) is 14.2. The predicted octanol–water partition coefficient (Wildman–Crippen LogP) is -8.74. The fourth-order valence-electron chi connectivity index (χ4n) is 9.50. The molecule has 0 aliphatic heterocycles. The van der Waals surface area contributed by atoms with Crippen LogP contribution in [0.3, 0.4) is 0 Å². The fourth-order valence-corrected chi connectivity index (χ4v) is 9.92. The number of fused-ring (bicyclic) bond motifs is 1. The van der Waals surface area contributed by atoms with Gasteiger partial charge in [0.2, 0.25) is 70.9 Å². The molecule has 0 saturated carbocycles. The number of carboxylic acid groups (broad SMARTS) is 2. The number of carbonyl (C=O) groups is 14. The van der Waals surface area contributed by atoms with Crippen LogP contribution < -0.4 is 110 Å². The highest BCUT2D eigenvalue weighted by Gasteiger charge is 2.37. The third kappa shape index (κ3) is 33.0. The van der Waals surface area contributed by atoms with Gasteiger partial charge >= 0.3 is 11.9 Å². The van der Waals surface area contributed by atoms with Crippen molar-refractivity contribution in [2.24, 2.45) is 72.5 Å². The van der Waals surface area contributed by atoms with Crippen molar-refractivity contribution in [2.45, 2.75) is 164 Å². The minimum Gasteiger partial charge on any atom is -0.481 e.